The Kier molecular flexibility index (Phi) is 4.17. The van der Waals surface area contributed by atoms with Crippen molar-refractivity contribution in [2.75, 3.05) is 11.9 Å². The molecule has 0 saturated carbocycles. The Labute approximate surface area is 139 Å². The van der Waals surface area contributed by atoms with Crippen LogP contribution in [-0.4, -0.2) is 18.4 Å². The number of rotatable bonds is 3. The number of hydrogen-bond donors (Lipinski definition) is 2. The third kappa shape index (κ3) is 3.20. The van der Waals surface area contributed by atoms with E-state index in [1.54, 1.807) is 30.3 Å². The lowest BCUT2D eigenvalue weighted by Gasteiger charge is -2.19. The van der Waals surface area contributed by atoms with Crippen LogP contribution in [0, 0.1) is 11.3 Å². The molecule has 2 amide bonds. The Bertz CT molecular complexity index is 838. The lowest BCUT2D eigenvalue weighted by molar-refractivity contribution is -0.118. The van der Waals surface area contributed by atoms with E-state index in [4.69, 9.17) is 10.00 Å². The Hall–Kier alpha value is -3.33. The number of benzene rings is 2. The molecule has 6 nitrogen and oxygen atoms in total. The van der Waals surface area contributed by atoms with E-state index in [9.17, 15) is 9.59 Å². The maximum Gasteiger partial charge on any atom is 0.262 e. The van der Waals surface area contributed by atoms with E-state index in [0.717, 1.165) is 5.56 Å². The van der Waals surface area contributed by atoms with Crippen LogP contribution >= 0.6 is 0 Å². The normalized spacial score (nSPS) is 13.8. The van der Waals surface area contributed by atoms with Gasteiger partial charge in [-0.15, -0.1) is 0 Å². The zero-order valence-electron chi connectivity index (χ0n) is 13.0. The SMILES string of the molecule is CC(NC(=O)c1ccc2c(c1)OCC(=O)N2)c1ccc(C#N)cc1. The van der Waals surface area contributed by atoms with Crippen LogP contribution in [-0.2, 0) is 4.79 Å². The molecule has 1 atom stereocenters. The number of ether oxygens (including phenoxy) is 1. The van der Waals surface area contributed by atoms with Gasteiger partial charge in [-0.1, -0.05) is 12.1 Å². The van der Waals surface area contributed by atoms with E-state index in [2.05, 4.69) is 16.7 Å². The predicted molar refractivity (Wildman–Crippen MR) is 87.6 cm³/mol. The highest BCUT2D eigenvalue weighted by Crippen LogP contribution is 2.28. The third-order valence-corrected chi connectivity index (χ3v) is 3.76. The minimum Gasteiger partial charge on any atom is -0.482 e. The van der Waals surface area contributed by atoms with Crippen molar-refractivity contribution in [1.82, 2.24) is 5.32 Å². The van der Waals surface area contributed by atoms with Gasteiger partial charge in [-0.3, -0.25) is 9.59 Å². The molecule has 0 fully saturated rings. The fraction of sp³-hybridized carbons (Fsp3) is 0.167. The lowest BCUT2D eigenvalue weighted by Crippen LogP contribution is -2.28. The van der Waals surface area contributed by atoms with Crippen LogP contribution in [0.5, 0.6) is 5.75 Å². The summed E-state index contributed by atoms with van der Waals surface area (Å²) in [7, 11) is 0. The first-order chi connectivity index (χ1) is 11.6. The largest absolute Gasteiger partial charge is 0.482 e. The molecule has 6 heteroatoms. The van der Waals surface area contributed by atoms with Crippen molar-refractivity contribution >= 4 is 17.5 Å². The van der Waals surface area contributed by atoms with Gasteiger partial charge in [-0.2, -0.15) is 5.26 Å². The average Bonchev–Trinajstić information content (AvgIpc) is 2.61. The molecule has 0 aliphatic carbocycles. The topological polar surface area (TPSA) is 91.2 Å². The molecular weight excluding hydrogens is 306 g/mol. The summed E-state index contributed by atoms with van der Waals surface area (Å²) in [4.78, 5) is 23.7. The molecule has 2 aromatic rings. The minimum absolute atomic E-state index is 0.0558. The summed E-state index contributed by atoms with van der Waals surface area (Å²) in [6, 6.07) is 13.8. The van der Waals surface area contributed by atoms with Gasteiger partial charge in [0.15, 0.2) is 6.61 Å². The Morgan fingerprint density at radius 2 is 2.04 bits per heavy atom. The molecule has 2 N–H and O–H groups in total. The first-order valence-corrected chi connectivity index (χ1v) is 7.44. The number of nitrogens with one attached hydrogen (secondary N) is 2. The maximum absolute atomic E-state index is 12.4. The molecule has 0 radical (unpaired) electrons. The van der Waals surface area contributed by atoms with Crippen molar-refractivity contribution in [3.8, 4) is 11.8 Å². The highest BCUT2D eigenvalue weighted by molar-refractivity contribution is 5.99. The summed E-state index contributed by atoms with van der Waals surface area (Å²) < 4.78 is 5.32. The van der Waals surface area contributed by atoms with E-state index < -0.39 is 0 Å². The van der Waals surface area contributed by atoms with Crippen LogP contribution < -0.4 is 15.4 Å². The summed E-state index contributed by atoms with van der Waals surface area (Å²) in [5, 5.41) is 14.4. The smallest absolute Gasteiger partial charge is 0.262 e. The van der Waals surface area contributed by atoms with Crippen molar-refractivity contribution < 1.29 is 14.3 Å². The van der Waals surface area contributed by atoms with Gasteiger partial charge in [0.25, 0.3) is 11.8 Å². The van der Waals surface area contributed by atoms with Crippen molar-refractivity contribution in [2.45, 2.75) is 13.0 Å². The Morgan fingerprint density at radius 1 is 1.29 bits per heavy atom. The molecule has 24 heavy (non-hydrogen) atoms. The van der Waals surface area contributed by atoms with Gasteiger partial charge in [0.2, 0.25) is 0 Å². The first kappa shape index (κ1) is 15.6. The van der Waals surface area contributed by atoms with Gasteiger partial charge in [0.05, 0.1) is 23.4 Å². The second-order valence-corrected chi connectivity index (χ2v) is 5.48. The number of amides is 2. The Balaban J connectivity index is 1.72. The van der Waals surface area contributed by atoms with Gasteiger partial charge < -0.3 is 15.4 Å². The van der Waals surface area contributed by atoms with Crippen molar-refractivity contribution in [3.63, 3.8) is 0 Å². The van der Waals surface area contributed by atoms with Crippen LogP contribution in [0.4, 0.5) is 5.69 Å². The molecule has 0 saturated heterocycles. The number of nitrogens with zero attached hydrogens (tertiary/aromatic N) is 1. The molecule has 1 unspecified atom stereocenters. The average molecular weight is 321 g/mol. The second kappa shape index (κ2) is 6.42. The van der Waals surface area contributed by atoms with Gasteiger partial charge in [-0.25, -0.2) is 0 Å². The van der Waals surface area contributed by atoms with Crippen molar-refractivity contribution in [3.05, 3.63) is 59.2 Å². The predicted octanol–water partition coefficient (Wildman–Crippen LogP) is 2.38. The van der Waals surface area contributed by atoms with Gasteiger partial charge in [0, 0.05) is 5.56 Å². The number of fused-ring (bicyclic) bond motifs is 1. The van der Waals surface area contributed by atoms with E-state index in [0.29, 0.717) is 22.6 Å². The van der Waals surface area contributed by atoms with E-state index in [1.807, 2.05) is 19.1 Å². The quantitative estimate of drug-likeness (QED) is 0.908. The van der Waals surface area contributed by atoms with E-state index in [-0.39, 0.29) is 24.5 Å². The summed E-state index contributed by atoms with van der Waals surface area (Å²) in [6.07, 6.45) is 0. The number of nitriles is 1. The fourth-order valence-electron chi connectivity index (χ4n) is 2.43. The zero-order chi connectivity index (χ0) is 17.1. The van der Waals surface area contributed by atoms with Crippen molar-refractivity contribution in [2.24, 2.45) is 0 Å². The van der Waals surface area contributed by atoms with Crippen molar-refractivity contribution in [1.29, 1.82) is 5.26 Å². The standard InChI is InChI=1S/C18H15N3O3/c1-11(13-4-2-12(9-19)3-5-13)20-18(23)14-6-7-15-16(8-14)24-10-17(22)21-15/h2-8,11H,10H2,1H3,(H,20,23)(H,21,22). The summed E-state index contributed by atoms with van der Waals surface area (Å²) in [5.74, 6) is 0.0255. The number of carbonyl (C=O) groups excluding carboxylic acids is 2. The number of anilines is 1. The van der Waals surface area contributed by atoms with E-state index in [1.165, 1.54) is 0 Å². The fourth-order valence-corrected chi connectivity index (χ4v) is 2.43. The molecule has 1 aliphatic heterocycles. The summed E-state index contributed by atoms with van der Waals surface area (Å²) in [5.41, 5.74) is 2.49. The molecule has 0 bridgehead atoms. The van der Waals surface area contributed by atoms with Gasteiger partial charge in [-0.05, 0) is 42.8 Å². The monoisotopic (exact) mass is 321 g/mol. The van der Waals surface area contributed by atoms with E-state index >= 15 is 0 Å². The minimum atomic E-state index is -0.241. The van der Waals surface area contributed by atoms with Crippen LogP contribution in [0.25, 0.3) is 0 Å². The van der Waals surface area contributed by atoms with Crippen LogP contribution in [0.3, 0.4) is 0 Å². The zero-order valence-corrected chi connectivity index (χ0v) is 13.0. The molecule has 120 valence electrons. The number of hydrogen-bond acceptors (Lipinski definition) is 4. The third-order valence-electron chi connectivity index (χ3n) is 3.76. The highest BCUT2D eigenvalue weighted by atomic mass is 16.5. The van der Waals surface area contributed by atoms with Gasteiger partial charge >= 0.3 is 0 Å². The van der Waals surface area contributed by atoms with Crippen LogP contribution in [0.15, 0.2) is 42.5 Å². The number of carbonyl (C=O) groups is 2. The van der Waals surface area contributed by atoms with Crippen LogP contribution in [0.2, 0.25) is 0 Å². The summed E-state index contributed by atoms with van der Waals surface area (Å²) >= 11 is 0. The molecule has 3 rings (SSSR count). The molecular formula is C18H15N3O3. The molecule has 1 heterocycles. The molecule has 0 spiro atoms. The molecule has 2 aromatic carbocycles. The maximum atomic E-state index is 12.4. The highest BCUT2D eigenvalue weighted by Gasteiger charge is 2.18. The second-order valence-electron chi connectivity index (χ2n) is 5.48. The Morgan fingerprint density at radius 3 is 2.75 bits per heavy atom. The van der Waals surface area contributed by atoms with Crippen LogP contribution in [0.1, 0.15) is 34.5 Å². The molecule has 1 aliphatic rings. The first-order valence-electron chi connectivity index (χ1n) is 7.44. The van der Waals surface area contributed by atoms with Gasteiger partial charge in [0.1, 0.15) is 5.75 Å². The summed E-state index contributed by atoms with van der Waals surface area (Å²) in [6.45, 7) is 1.81. The molecule has 0 aromatic heterocycles. The lowest BCUT2D eigenvalue weighted by atomic mass is 10.1.